The SMILES string of the molecule is C/C=C\[C@@H]1C[C@H](C(=O)O)N[C@H]1[C@@H](NC(C)=O)[C@@H]1CC=CCO1. The number of allylic oxidation sites excluding steroid dienone is 1. The third-order valence-electron chi connectivity index (χ3n) is 4.20. The molecule has 0 aromatic heterocycles. The number of hydrogen-bond donors (Lipinski definition) is 3. The number of rotatable bonds is 5. The second-order valence-corrected chi connectivity index (χ2v) is 5.81. The van der Waals surface area contributed by atoms with E-state index in [1.54, 1.807) is 0 Å². The maximum absolute atomic E-state index is 11.6. The van der Waals surface area contributed by atoms with Gasteiger partial charge >= 0.3 is 5.97 Å². The Balaban J connectivity index is 2.21. The van der Waals surface area contributed by atoms with Gasteiger partial charge in [-0.15, -0.1) is 0 Å². The van der Waals surface area contributed by atoms with Gasteiger partial charge in [-0.1, -0.05) is 24.3 Å². The molecule has 122 valence electrons. The molecule has 22 heavy (non-hydrogen) atoms. The fourth-order valence-electron chi connectivity index (χ4n) is 3.27. The van der Waals surface area contributed by atoms with Gasteiger partial charge in [-0.3, -0.25) is 14.9 Å². The zero-order valence-corrected chi connectivity index (χ0v) is 13.0. The minimum Gasteiger partial charge on any atom is -0.480 e. The Labute approximate surface area is 130 Å². The fraction of sp³-hybridized carbons (Fsp3) is 0.625. The molecule has 0 saturated carbocycles. The number of amides is 1. The number of carboxylic acids is 1. The van der Waals surface area contributed by atoms with E-state index < -0.39 is 12.0 Å². The monoisotopic (exact) mass is 308 g/mol. The first-order valence-corrected chi connectivity index (χ1v) is 7.68. The molecule has 1 amide bonds. The molecule has 6 heteroatoms. The van der Waals surface area contributed by atoms with E-state index in [-0.39, 0.29) is 30.0 Å². The summed E-state index contributed by atoms with van der Waals surface area (Å²) in [7, 11) is 0. The second kappa shape index (κ2) is 7.56. The van der Waals surface area contributed by atoms with Crippen molar-refractivity contribution in [1.82, 2.24) is 10.6 Å². The topological polar surface area (TPSA) is 87.7 Å². The maximum atomic E-state index is 11.6. The predicted molar refractivity (Wildman–Crippen MR) is 82.4 cm³/mol. The molecule has 2 heterocycles. The summed E-state index contributed by atoms with van der Waals surface area (Å²) in [5.41, 5.74) is 0. The summed E-state index contributed by atoms with van der Waals surface area (Å²) in [4.78, 5) is 22.9. The maximum Gasteiger partial charge on any atom is 0.320 e. The van der Waals surface area contributed by atoms with Gasteiger partial charge in [0.15, 0.2) is 0 Å². The van der Waals surface area contributed by atoms with Crippen molar-refractivity contribution in [3.8, 4) is 0 Å². The highest BCUT2D eigenvalue weighted by molar-refractivity contribution is 5.75. The number of carbonyl (C=O) groups is 2. The molecule has 3 N–H and O–H groups in total. The van der Waals surface area contributed by atoms with E-state index in [0.717, 1.165) is 0 Å². The lowest BCUT2D eigenvalue weighted by Crippen LogP contribution is -2.57. The van der Waals surface area contributed by atoms with Crippen LogP contribution in [0.1, 0.15) is 26.7 Å². The Morgan fingerprint density at radius 3 is 2.77 bits per heavy atom. The minimum absolute atomic E-state index is 0.0532. The van der Waals surface area contributed by atoms with Crippen molar-refractivity contribution in [2.75, 3.05) is 6.61 Å². The highest BCUT2D eigenvalue weighted by Crippen LogP contribution is 2.28. The van der Waals surface area contributed by atoms with Crippen molar-refractivity contribution in [2.24, 2.45) is 5.92 Å². The van der Waals surface area contributed by atoms with E-state index in [9.17, 15) is 14.7 Å². The lowest BCUT2D eigenvalue weighted by molar-refractivity contribution is -0.139. The van der Waals surface area contributed by atoms with Crippen LogP contribution in [0.5, 0.6) is 0 Å². The Kier molecular flexibility index (Phi) is 5.74. The van der Waals surface area contributed by atoms with E-state index in [0.29, 0.717) is 19.4 Å². The summed E-state index contributed by atoms with van der Waals surface area (Å²) >= 11 is 0. The van der Waals surface area contributed by atoms with Gasteiger partial charge in [0.2, 0.25) is 5.91 Å². The predicted octanol–water partition coefficient (Wildman–Crippen LogP) is 0.844. The van der Waals surface area contributed by atoms with Crippen LogP contribution >= 0.6 is 0 Å². The molecular formula is C16H24N2O4. The number of hydrogen-bond acceptors (Lipinski definition) is 4. The van der Waals surface area contributed by atoms with E-state index in [1.165, 1.54) is 6.92 Å². The van der Waals surface area contributed by atoms with Gasteiger partial charge in [0, 0.05) is 13.0 Å². The third kappa shape index (κ3) is 3.96. The largest absolute Gasteiger partial charge is 0.480 e. The third-order valence-corrected chi connectivity index (χ3v) is 4.20. The van der Waals surface area contributed by atoms with E-state index in [2.05, 4.69) is 10.6 Å². The molecule has 0 bridgehead atoms. The van der Waals surface area contributed by atoms with Gasteiger partial charge in [-0.2, -0.15) is 0 Å². The first-order chi connectivity index (χ1) is 10.5. The normalized spacial score (nSPS) is 33.0. The lowest BCUT2D eigenvalue weighted by Gasteiger charge is -2.35. The van der Waals surface area contributed by atoms with Gasteiger partial charge < -0.3 is 15.2 Å². The number of carboxylic acid groups (broad SMARTS) is 1. The number of aliphatic carboxylic acids is 1. The van der Waals surface area contributed by atoms with Gasteiger partial charge in [0.1, 0.15) is 6.04 Å². The van der Waals surface area contributed by atoms with Crippen LogP contribution in [0.3, 0.4) is 0 Å². The Morgan fingerprint density at radius 2 is 2.23 bits per heavy atom. The smallest absolute Gasteiger partial charge is 0.320 e. The first-order valence-electron chi connectivity index (χ1n) is 7.68. The van der Waals surface area contributed by atoms with E-state index in [4.69, 9.17) is 4.74 Å². The van der Waals surface area contributed by atoms with Gasteiger partial charge in [0.25, 0.3) is 0 Å². The van der Waals surface area contributed by atoms with Crippen LogP contribution in [0.4, 0.5) is 0 Å². The van der Waals surface area contributed by atoms with Crippen molar-refractivity contribution < 1.29 is 19.4 Å². The van der Waals surface area contributed by atoms with E-state index in [1.807, 2.05) is 31.2 Å². The standard InChI is InChI=1S/C16H24N2O4/c1-3-6-11-9-12(16(20)21)18-14(11)15(17-10(2)19)13-7-4-5-8-22-13/h3-6,11-15,18H,7-9H2,1-2H3,(H,17,19)(H,20,21)/b6-3-/t11-,12-,13+,14-,15+/m1/s1. The summed E-state index contributed by atoms with van der Waals surface area (Å²) in [6.45, 7) is 3.91. The van der Waals surface area contributed by atoms with Crippen LogP contribution in [0.15, 0.2) is 24.3 Å². The number of nitrogens with one attached hydrogen (secondary N) is 2. The molecule has 1 saturated heterocycles. The van der Waals surface area contributed by atoms with Crippen LogP contribution in [0.25, 0.3) is 0 Å². The zero-order chi connectivity index (χ0) is 16.1. The molecular weight excluding hydrogens is 284 g/mol. The van der Waals surface area contributed by atoms with Crippen molar-refractivity contribution in [3.05, 3.63) is 24.3 Å². The quantitative estimate of drug-likeness (QED) is 0.655. The Bertz CT molecular complexity index is 475. The second-order valence-electron chi connectivity index (χ2n) is 5.81. The van der Waals surface area contributed by atoms with Crippen LogP contribution in [0.2, 0.25) is 0 Å². The van der Waals surface area contributed by atoms with Gasteiger partial charge in [-0.05, 0) is 25.7 Å². The first kappa shape index (κ1) is 16.7. The van der Waals surface area contributed by atoms with Gasteiger partial charge in [-0.25, -0.2) is 0 Å². The summed E-state index contributed by atoms with van der Waals surface area (Å²) in [5, 5.41) is 15.4. The van der Waals surface area contributed by atoms with Crippen molar-refractivity contribution in [1.29, 1.82) is 0 Å². The van der Waals surface area contributed by atoms with Crippen molar-refractivity contribution in [3.63, 3.8) is 0 Å². The summed E-state index contributed by atoms with van der Waals surface area (Å²) in [6, 6.07) is -1.01. The van der Waals surface area contributed by atoms with Crippen LogP contribution in [0, 0.1) is 5.92 Å². The molecule has 0 radical (unpaired) electrons. The fourth-order valence-corrected chi connectivity index (χ4v) is 3.27. The number of ether oxygens (including phenoxy) is 1. The minimum atomic E-state index is -0.858. The summed E-state index contributed by atoms with van der Waals surface area (Å²) < 4.78 is 5.76. The lowest BCUT2D eigenvalue weighted by atomic mass is 9.88. The van der Waals surface area contributed by atoms with Crippen molar-refractivity contribution >= 4 is 11.9 Å². The molecule has 6 nitrogen and oxygen atoms in total. The highest BCUT2D eigenvalue weighted by atomic mass is 16.5. The summed E-state index contributed by atoms with van der Waals surface area (Å²) in [6.07, 6.45) is 9.01. The molecule has 2 aliphatic heterocycles. The van der Waals surface area contributed by atoms with E-state index >= 15 is 0 Å². The molecule has 5 atom stereocenters. The molecule has 0 aliphatic carbocycles. The average molecular weight is 308 g/mol. The van der Waals surface area contributed by atoms with Gasteiger partial charge in [0.05, 0.1) is 18.8 Å². The van der Waals surface area contributed by atoms with Crippen LogP contribution in [-0.2, 0) is 14.3 Å². The van der Waals surface area contributed by atoms with Crippen molar-refractivity contribution in [2.45, 2.75) is 50.9 Å². The molecule has 0 spiro atoms. The van der Waals surface area contributed by atoms with Crippen LogP contribution in [-0.4, -0.2) is 47.8 Å². The summed E-state index contributed by atoms with van der Waals surface area (Å²) in [5.74, 6) is -0.941. The molecule has 1 fully saturated rings. The molecule has 2 aliphatic rings. The molecule has 0 aromatic carbocycles. The Morgan fingerprint density at radius 1 is 1.45 bits per heavy atom. The molecule has 0 unspecified atom stereocenters. The molecule has 2 rings (SSSR count). The zero-order valence-electron chi connectivity index (χ0n) is 13.0. The number of carbonyl (C=O) groups excluding carboxylic acids is 1. The van der Waals surface area contributed by atoms with Crippen LogP contribution < -0.4 is 10.6 Å². The highest BCUT2D eigenvalue weighted by Gasteiger charge is 2.43. The molecule has 0 aromatic rings. The Hall–Kier alpha value is -1.66. The average Bonchev–Trinajstić information content (AvgIpc) is 2.90.